The number of pyridine rings is 1. The Morgan fingerprint density at radius 3 is 2.75 bits per heavy atom. The van der Waals surface area contributed by atoms with Crippen LogP contribution in [0.1, 0.15) is 29.6 Å². The van der Waals surface area contributed by atoms with E-state index < -0.39 is 0 Å². The topological polar surface area (TPSA) is 75.4 Å². The SMILES string of the molecule is O=C(NC1CCC(O)C1)c1ccc(-c2nccc3occc23)cc1. The van der Waals surface area contributed by atoms with Crippen molar-refractivity contribution < 1.29 is 14.3 Å². The summed E-state index contributed by atoms with van der Waals surface area (Å²) in [4.78, 5) is 16.7. The molecule has 0 spiro atoms. The smallest absolute Gasteiger partial charge is 0.251 e. The Bertz CT molecular complexity index is 870. The number of furan rings is 1. The number of aromatic nitrogens is 1. The summed E-state index contributed by atoms with van der Waals surface area (Å²) < 4.78 is 5.40. The second-order valence-electron chi connectivity index (χ2n) is 6.21. The molecule has 1 aliphatic rings. The van der Waals surface area contributed by atoms with Crippen LogP contribution in [0.15, 0.2) is 53.3 Å². The van der Waals surface area contributed by atoms with E-state index in [9.17, 15) is 9.90 Å². The molecule has 1 aliphatic carbocycles. The van der Waals surface area contributed by atoms with E-state index in [1.54, 1.807) is 24.6 Å². The van der Waals surface area contributed by atoms with Crippen LogP contribution in [0.2, 0.25) is 0 Å². The predicted octanol–water partition coefficient (Wildman–Crippen LogP) is 3.14. The number of nitrogens with one attached hydrogen (secondary N) is 1. The highest BCUT2D eigenvalue weighted by atomic mass is 16.3. The minimum atomic E-state index is -0.292. The highest BCUT2D eigenvalue weighted by Gasteiger charge is 2.24. The molecule has 0 saturated heterocycles. The fourth-order valence-corrected chi connectivity index (χ4v) is 3.26. The molecule has 1 fully saturated rings. The van der Waals surface area contributed by atoms with Crippen molar-refractivity contribution in [1.29, 1.82) is 0 Å². The van der Waals surface area contributed by atoms with Crippen molar-refractivity contribution in [3.63, 3.8) is 0 Å². The van der Waals surface area contributed by atoms with Crippen molar-refractivity contribution >= 4 is 16.9 Å². The Kier molecular flexibility index (Phi) is 3.78. The summed E-state index contributed by atoms with van der Waals surface area (Å²) in [6.07, 6.45) is 5.29. The third-order valence-corrected chi connectivity index (χ3v) is 4.54. The average molecular weight is 322 g/mol. The molecule has 1 saturated carbocycles. The van der Waals surface area contributed by atoms with Gasteiger partial charge < -0.3 is 14.8 Å². The largest absolute Gasteiger partial charge is 0.464 e. The van der Waals surface area contributed by atoms with Gasteiger partial charge in [0.15, 0.2) is 0 Å². The van der Waals surface area contributed by atoms with Crippen molar-refractivity contribution in [3.05, 3.63) is 54.4 Å². The van der Waals surface area contributed by atoms with Gasteiger partial charge in [-0.05, 0) is 43.5 Å². The van der Waals surface area contributed by atoms with E-state index in [0.29, 0.717) is 12.0 Å². The molecule has 1 aromatic carbocycles. The molecule has 1 amide bonds. The minimum Gasteiger partial charge on any atom is -0.464 e. The second kappa shape index (κ2) is 6.09. The maximum absolute atomic E-state index is 12.3. The van der Waals surface area contributed by atoms with E-state index in [1.165, 1.54) is 0 Å². The Balaban J connectivity index is 1.54. The van der Waals surface area contributed by atoms with E-state index in [-0.39, 0.29) is 18.1 Å². The summed E-state index contributed by atoms with van der Waals surface area (Å²) in [5.41, 5.74) is 3.18. The number of hydrogen-bond acceptors (Lipinski definition) is 4. The third kappa shape index (κ3) is 2.78. The molecule has 3 aromatic rings. The normalized spacial score (nSPS) is 20.4. The number of amides is 1. The molecule has 24 heavy (non-hydrogen) atoms. The van der Waals surface area contributed by atoms with Gasteiger partial charge in [0.25, 0.3) is 5.91 Å². The van der Waals surface area contributed by atoms with E-state index in [2.05, 4.69) is 10.3 Å². The molecule has 2 heterocycles. The van der Waals surface area contributed by atoms with Crippen LogP contribution in [-0.2, 0) is 0 Å². The van der Waals surface area contributed by atoms with E-state index in [0.717, 1.165) is 35.1 Å². The number of carbonyl (C=O) groups excluding carboxylic acids is 1. The van der Waals surface area contributed by atoms with Gasteiger partial charge in [-0.2, -0.15) is 0 Å². The summed E-state index contributed by atoms with van der Waals surface area (Å²) in [5.74, 6) is -0.102. The van der Waals surface area contributed by atoms with E-state index >= 15 is 0 Å². The molecule has 2 unspecified atom stereocenters. The molecule has 2 N–H and O–H groups in total. The first-order valence-corrected chi connectivity index (χ1v) is 8.12. The molecule has 0 aliphatic heterocycles. The number of aliphatic hydroxyl groups is 1. The standard InChI is InChI=1S/C19H18N2O3/c22-15-6-5-14(11-15)21-19(23)13-3-1-12(2-4-13)18-16-8-10-24-17(16)7-9-20-18/h1-4,7-10,14-15,22H,5-6,11H2,(H,21,23). The molecular weight excluding hydrogens is 304 g/mol. The van der Waals surface area contributed by atoms with Gasteiger partial charge in [-0.1, -0.05) is 12.1 Å². The molecule has 122 valence electrons. The van der Waals surface area contributed by atoms with Crippen LogP contribution in [0.3, 0.4) is 0 Å². The predicted molar refractivity (Wildman–Crippen MR) is 90.6 cm³/mol. The van der Waals surface area contributed by atoms with Crippen LogP contribution < -0.4 is 5.32 Å². The zero-order valence-electron chi connectivity index (χ0n) is 13.1. The molecule has 4 rings (SSSR count). The summed E-state index contributed by atoms with van der Waals surface area (Å²) in [6, 6.07) is 11.2. The van der Waals surface area contributed by atoms with Crippen LogP contribution in [-0.4, -0.2) is 28.1 Å². The average Bonchev–Trinajstić information content (AvgIpc) is 3.23. The van der Waals surface area contributed by atoms with Crippen molar-refractivity contribution in [3.8, 4) is 11.3 Å². The van der Waals surface area contributed by atoms with Gasteiger partial charge in [0.1, 0.15) is 5.58 Å². The number of benzene rings is 1. The molecule has 2 atom stereocenters. The molecule has 5 nitrogen and oxygen atoms in total. The van der Waals surface area contributed by atoms with Crippen LogP contribution >= 0.6 is 0 Å². The Morgan fingerprint density at radius 2 is 2.00 bits per heavy atom. The van der Waals surface area contributed by atoms with E-state index in [1.807, 2.05) is 24.3 Å². The molecule has 0 bridgehead atoms. The van der Waals surface area contributed by atoms with Crippen molar-refractivity contribution in [1.82, 2.24) is 10.3 Å². The van der Waals surface area contributed by atoms with E-state index in [4.69, 9.17) is 4.42 Å². The Morgan fingerprint density at radius 1 is 1.17 bits per heavy atom. The summed E-state index contributed by atoms with van der Waals surface area (Å²) in [5, 5.41) is 13.5. The van der Waals surface area contributed by atoms with Crippen molar-refractivity contribution in [2.45, 2.75) is 31.4 Å². The van der Waals surface area contributed by atoms with Gasteiger partial charge >= 0.3 is 0 Å². The number of nitrogens with zero attached hydrogens (tertiary/aromatic N) is 1. The molecule has 0 radical (unpaired) electrons. The first kappa shape index (κ1) is 14.9. The number of carbonyl (C=O) groups is 1. The second-order valence-corrected chi connectivity index (χ2v) is 6.21. The first-order valence-electron chi connectivity index (χ1n) is 8.12. The van der Waals surface area contributed by atoms with Crippen LogP contribution in [0.5, 0.6) is 0 Å². The first-order chi connectivity index (χ1) is 11.7. The van der Waals surface area contributed by atoms with Gasteiger partial charge in [0.2, 0.25) is 0 Å². The lowest BCUT2D eigenvalue weighted by Crippen LogP contribution is -2.33. The highest BCUT2D eigenvalue weighted by Crippen LogP contribution is 2.27. The zero-order valence-corrected chi connectivity index (χ0v) is 13.1. The van der Waals surface area contributed by atoms with Gasteiger partial charge in [-0.3, -0.25) is 9.78 Å². The minimum absolute atomic E-state index is 0.0634. The Labute approximate surface area is 139 Å². The number of hydrogen-bond donors (Lipinski definition) is 2. The quantitative estimate of drug-likeness (QED) is 0.777. The van der Waals surface area contributed by atoms with Gasteiger partial charge in [0.05, 0.1) is 18.1 Å². The lowest BCUT2D eigenvalue weighted by Gasteiger charge is -2.12. The fraction of sp³-hybridized carbons (Fsp3) is 0.263. The lowest BCUT2D eigenvalue weighted by atomic mass is 10.1. The maximum Gasteiger partial charge on any atom is 0.251 e. The number of rotatable bonds is 3. The lowest BCUT2D eigenvalue weighted by molar-refractivity contribution is 0.0934. The summed E-state index contributed by atoms with van der Waals surface area (Å²) in [6.45, 7) is 0. The van der Waals surface area contributed by atoms with Crippen LogP contribution in [0.4, 0.5) is 0 Å². The van der Waals surface area contributed by atoms with Gasteiger partial charge in [-0.25, -0.2) is 0 Å². The van der Waals surface area contributed by atoms with Crippen LogP contribution in [0.25, 0.3) is 22.2 Å². The molecule has 2 aromatic heterocycles. The summed E-state index contributed by atoms with van der Waals surface area (Å²) in [7, 11) is 0. The monoisotopic (exact) mass is 322 g/mol. The fourth-order valence-electron chi connectivity index (χ4n) is 3.26. The van der Waals surface area contributed by atoms with Crippen LogP contribution in [0, 0.1) is 0 Å². The highest BCUT2D eigenvalue weighted by molar-refractivity contribution is 5.96. The third-order valence-electron chi connectivity index (χ3n) is 4.54. The summed E-state index contributed by atoms with van der Waals surface area (Å²) >= 11 is 0. The zero-order chi connectivity index (χ0) is 16.5. The maximum atomic E-state index is 12.3. The Hall–Kier alpha value is -2.66. The van der Waals surface area contributed by atoms with Crippen molar-refractivity contribution in [2.75, 3.05) is 0 Å². The van der Waals surface area contributed by atoms with Gasteiger partial charge in [0, 0.05) is 28.8 Å². The number of fused-ring (bicyclic) bond motifs is 1. The van der Waals surface area contributed by atoms with Crippen molar-refractivity contribution in [2.24, 2.45) is 0 Å². The molecular formula is C19H18N2O3. The number of aliphatic hydroxyl groups excluding tert-OH is 1. The molecule has 5 heteroatoms. The van der Waals surface area contributed by atoms with Gasteiger partial charge in [-0.15, -0.1) is 0 Å².